The largest absolute Gasteiger partial charge is 0.312 e. The van der Waals surface area contributed by atoms with Gasteiger partial charge in [0.1, 0.15) is 0 Å². The monoisotopic (exact) mass is 229 g/mol. The number of aryl methyl sites for hydroxylation is 2. The Balaban J connectivity index is 1.97. The second kappa shape index (κ2) is 5.64. The summed E-state index contributed by atoms with van der Waals surface area (Å²) in [5.41, 5.74) is 2.50. The smallest absolute Gasteiger partial charge is 0.0793 e. The van der Waals surface area contributed by atoms with Crippen molar-refractivity contribution >= 4 is 0 Å². The molecule has 0 aliphatic heterocycles. The maximum Gasteiger partial charge on any atom is 0.0793 e. The van der Waals surface area contributed by atoms with E-state index in [9.17, 15) is 0 Å². The number of hydrogen-bond acceptors (Lipinski definition) is 2. The third-order valence-electron chi connectivity index (χ3n) is 3.00. The van der Waals surface area contributed by atoms with Crippen molar-refractivity contribution in [1.29, 1.82) is 0 Å². The maximum atomic E-state index is 4.45. The first-order valence-corrected chi connectivity index (χ1v) is 6.00. The van der Waals surface area contributed by atoms with Gasteiger partial charge in [-0.1, -0.05) is 30.3 Å². The molecule has 1 N–H and O–H groups in total. The summed E-state index contributed by atoms with van der Waals surface area (Å²) >= 11 is 0. The third-order valence-corrected chi connectivity index (χ3v) is 3.00. The van der Waals surface area contributed by atoms with Crippen LogP contribution in [0.3, 0.4) is 0 Å². The lowest BCUT2D eigenvalue weighted by Crippen LogP contribution is -2.18. The van der Waals surface area contributed by atoms with Crippen molar-refractivity contribution in [3.05, 3.63) is 53.9 Å². The van der Waals surface area contributed by atoms with E-state index < -0.39 is 0 Å². The molecule has 0 aliphatic rings. The minimum absolute atomic E-state index is 0.330. The lowest BCUT2D eigenvalue weighted by atomic mass is 10.0. The zero-order chi connectivity index (χ0) is 12.1. The van der Waals surface area contributed by atoms with E-state index in [1.165, 1.54) is 5.56 Å². The minimum Gasteiger partial charge on any atom is -0.312 e. The van der Waals surface area contributed by atoms with E-state index in [1.807, 2.05) is 25.0 Å². The zero-order valence-corrected chi connectivity index (χ0v) is 10.4. The third kappa shape index (κ3) is 3.17. The first-order valence-electron chi connectivity index (χ1n) is 6.00. The molecule has 2 rings (SSSR count). The van der Waals surface area contributed by atoms with E-state index in [4.69, 9.17) is 0 Å². The van der Waals surface area contributed by atoms with Gasteiger partial charge in [0.2, 0.25) is 0 Å². The van der Waals surface area contributed by atoms with E-state index in [-0.39, 0.29) is 0 Å². The fraction of sp³-hybridized carbons (Fsp3) is 0.357. The summed E-state index contributed by atoms with van der Waals surface area (Å²) in [7, 11) is 3.94. The van der Waals surface area contributed by atoms with Crippen LogP contribution in [0.2, 0.25) is 0 Å². The van der Waals surface area contributed by atoms with Gasteiger partial charge < -0.3 is 5.32 Å². The molecule has 1 aromatic carbocycles. The van der Waals surface area contributed by atoms with Crippen LogP contribution in [0.5, 0.6) is 0 Å². The molecule has 1 aromatic heterocycles. The SMILES string of the molecule is CNC(CCc1ccccc1)c1ccn(C)n1. The highest BCUT2D eigenvalue weighted by Gasteiger charge is 2.11. The van der Waals surface area contributed by atoms with Crippen LogP contribution >= 0.6 is 0 Å². The highest BCUT2D eigenvalue weighted by molar-refractivity contribution is 5.15. The van der Waals surface area contributed by atoms with Gasteiger partial charge in [-0.2, -0.15) is 5.10 Å². The zero-order valence-electron chi connectivity index (χ0n) is 10.4. The molecule has 2 aromatic rings. The Kier molecular flexibility index (Phi) is 3.94. The highest BCUT2D eigenvalue weighted by atomic mass is 15.3. The predicted octanol–water partition coefficient (Wildman–Crippen LogP) is 2.31. The van der Waals surface area contributed by atoms with Crippen molar-refractivity contribution in [2.24, 2.45) is 7.05 Å². The molecule has 90 valence electrons. The number of nitrogens with zero attached hydrogens (tertiary/aromatic N) is 2. The van der Waals surface area contributed by atoms with Crippen molar-refractivity contribution in [1.82, 2.24) is 15.1 Å². The van der Waals surface area contributed by atoms with Gasteiger partial charge in [0.05, 0.1) is 11.7 Å². The van der Waals surface area contributed by atoms with Crippen molar-refractivity contribution in [2.45, 2.75) is 18.9 Å². The van der Waals surface area contributed by atoms with E-state index in [0.29, 0.717) is 6.04 Å². The number of benzene rings is 1. The van der Waals surface area contributed by atoms with Gasteiger partial charge in [-0.05, 0) is 31.5 Å². The Morgan fingerprint density at radius 2 is 2.00 bits per heavy atom. The topological polar surface area (TPSA) is 29.9 Å². The summed E-state index contributed by atoms with van der Waals surface area (Å²) in [5, 5.41) is 7.77. The van der Waals surface area contributed by atoms with Crippen LogP contribution in [0, 0.1) is 0 Å². The summed E-state index contributed by atoms with van der Waals surface area (Å²) < 4.78 is 1.85. The summed E-state index contributed by atoms with van der Waals surface area (Å²) in [6.07, 6.45) is 4.13. The highest BCUT2D eigenvalue weighted by Crippen LogP contribution is 2.16. The molecule has 1 atom stereocenters. The van der Waals surface area contributed by atoms with Gasteiger partial charge in [0, 0.05) is 13.2 Å². The average molecular weight is 229 g/mol. The van der Waals surface area contributed by atoms with Crippen molar-refractivity contribution < 1.29 is 0 Å². The van der Waals surface area contributed by atoms with Crippen LogP contribution in [0.25, 0.3) is 0 Å². The van der Waals surface area contributed by atoms with Gasteiger partial charge in [0.25, 0.3) is 0 Å². The van der Waals surface area contributed by atoms with Crippen LogP contribution in [0.4, 0.5) is 0 Å². The van der Waals surface area contributed by atoms with Crippen LogP contribution < -0.4 is 5.32 Å². The lowest BCUT2D eigenvalue weighted by Gasteiger charge is -2.13. The Morgan fingerprint density at radius 3 is 2.59 bits per heavy atom. The fourth-order valence-electron chi connectivity index (χ4n) is 2.01. The molecule has 3 heteroatoms. The maximum absolute atomic E-state index is 4.45. The second-order valence-electron chi connectivity index (χ2n) is 4.28. The predicted molar refractivity (Wildman–Crippen MR) is 69.8 cm³/mol. The molecule has 0 bridgehead atoms. The summed E-state index contributed by atoms with van der Waals surface area (Å²) in [4.78, 5) is 0. The molecule has 0 fully saturated rings. The van der Waals surface area contributed by atoms with E-state index in [0.717, 1.165) is 18.5 Å². The van der Waals surface area contributed by atoms with E-state index >= 15 is 0 Å². The molecule has 0 radical (unpaired) electrons. The molecule has 1 heterocycles. The molecule has 0 spiro atoms. The van der Waals surface area contributed by atoms with Crippen LogP contribution in [0.15, 0.2) is 42.6 Å². The van der Waals surface area contributed by atoms with E-state index in [2.05, 4.69) is 46.8 Å². The van der Waals surface area contributed by atoms with Crippen molar-refractivity contribution in [2.75, 3.05) is 7.05 Å². The summed E-state index contributed by atoms with van der Waals surface area (Å²) in [6.45, 7) is 0. The number of nitrogens with one attached hydrogen (secondary N) is 1. The number of aromatic nitrogens is 2. The Labute approximate surface area is 102 Å². The van der Waals surface area contributed by atoms with Gasteiger partial charge in [-0.15, -0.1) is 0 Å². The quantitative estimate of drug-likeness (QED) is 0.852. The first-order chi connectivity index (χ1) is 8.29. The fourth-order valence-corrected chi connectivity index (χ4v) is 2.01. The van der Waals surface area contributed by atoms with Gasteiger partial charge in [0.15, 0.2) is 0 Å². The van der Waals surface area contributed by atoms with Crippen LogP contribution in [-0.2, 0) is 13.5 Å². The normalized spacial score (nSPS) is 12.6. The Hall–Kier alpha value is -1.61. The van der Waals surface area contributed by atoms with Crippen molar-refractivity contribution in [3.8, 4) is 0 Å². The molecule has 17 heavy (non-hydrogen) atoms. The number of hydrogen-bond donors (Lipinski definition) is 1. The molecule has 1 unspecified atom stereocenters. The second-order valence-corrected chi connectivity index (χ2v) is 4.28. The Morgan fingerprint density at radius 1 is 1.24 bits per heavy atom. The van der Waals surface area contributed by atoms with Crippen LogP contribution in [0.1, 0.15) is 23.7 Å². The van der Waals surface area contributed by atoms with Crippen molar-refractivity contribution in [3.63, 3.8) is 0 Å². The number of rotatable bonds is 5. The van der Waals surface area contributed by atoms with Gasteiger partial charge in [-0.3, -0.25) is 4.68 Å². The lowest BCUT2D eigenvalue weighted by molar-refractivity contribution is 0.527. The Bertz CT molecular complexity index is 448. The van der Waals surface area contributed by atoms with Gasteiger partial charge in [-0.25, -0.2) is 0 Å². The molecule has 0 saturated carbocycles. The molecular weight excluding hydrogens is 210 g/mol. The molecule has 0 amide bonds. The molecule has 0 saturated heterocycles. The minimum atomic E-state index is 0.330. The molecular formula is C14H19N3. The first kappa shape index (κ1) is 11.9. The van der Waals surface area contributed by atoms with E-state index in [1.54, 1.807) is 0 Å². The standard InChI is InChI=1S/C14H19N3/c1-15-13(14-10-11-17(2)16-14)9-8-12-6-4-3-5-7-12/h3-7,10-11,13,15H,8-9H2,1-2H3. The summed E-state index contributed by atoms with van der Waals surface area (Å²) in [5.74, 6) is 0. The summed E-state index contributed by atoms with van der Waals surface area (Å²) in [6, 6.07) is 13.0. The molecule has 3 nitrogen and oxygen atoms in total. The average Bonchev–Trinajstić information content (AvgIpc) is 2.78. The van der Waals surface area contributed by atoms with Crippen LogP contribution in [-0.4, -0.2) is 16.8 Å². The molecule has 0 aliphatic carbocycles. The van der Waals surface area contributed by atoms with Gasteiger partial charge >= 0.3 is 0 Å².